The monoisotopic (exact) mass is 626 g/mol. The Labute approximate surface area is 247 Å². The summed E-state index contributed by atoms with van der Waals surface area (Å²) in [5, 5.41) is 0. The number of aromatic nitrogens is 2. The van der Waals surface area contributed by atoms with Gasteiger partial charge in [0.05, 0.1) is 24.2 Å². The number of anilines is 3. The highest BCUT2D eigenvalue weighted by atomic mass is 19.4. The van der Waals surface area contributed by atoms with Gasteiger partial charge in [-0.1, -0.05) is 24.3 Å². The molecule has 16 heteroatoms. The Hall–Kier alpha value is -4.76. The first-order chi connectivity index (χ1) is 20.6. The molecule has 1 atom stereocenters. The van der Waals surface area contributed by atoms with Gasteiger partial charge < -0.3 is 30.7 Å². The molecule has 4 N–H and O–H groups in total. The molecule has 1 aliphatic heterocycles. The van der Waals surface area contributed by atoms with Crippen molar-refractivity contribution >= 4 is 29.2 Å². The van der Waals surface area contributed by atoms with Gasteiger partial charge in [0.25, 0.3) is 5.91 Å². The lowest BCUT2D eigenvalue weighted by Crippen LogP contribution is -2.57. The first-order valence-corrected chi connectivity index (χ1v) is 13.2. The van der Waals surface area contributed by atoms with E-state index in [9.17, 15) is 35.9 Å². The molecule has 1 fully saturated rings. The third-order valence-corrected chi connectivity index (χ3v) is 7.01. The fraction of sp³-hybridized carbons (Fsp3) is 0.357. The summed E-state index contributed by atoms with van der Waals surface area (Å²) < 4.78 is 91.2. The largest absolute Gasteiger partial charge is 0.492 e. The van der Waals surface area contributed by atoms with Crippen molar-refractivity contribution in [1.82, 2.24) is 9.97 Å². The van der Waals surface area contributed by atoms with Crippen LogP contribution >= 0.6 is 0 Å². The number of ether oxygens (including phenoxy) is 2. The smallest absolute Gasteiger partial charge is 0.490 e. The Kier molecular flexibility index (Phi) is 8.83. The molecule has 1 amide bonds. The second kappa shape index (κ2) is 12.1. The minimum atomic E-state index is -5.86. The summed E-state index contributed by atoms with van der Waals surface area (Å²) >= 11 is 0. The van der Waals surface area contributed by atoms with Crippen molar-refractivity contribution in [3.05, 3.63) is 59.8 Å². The van der Waals surface area contributed by atoms with Gasteiger partial charge in [0.1, 0.15) is 5.75 Å². The Morgan fingerprint density at radius 1 is 0.977 bits per heavy atom. The molecule has 236 valence electrons. The number of hydrogen-bond donors (Lipinski definition) is 2. The molecule has 1 aromatic heterocycles. The van der Waals surface area contributed by atoms with Crippen molar-refractivity contribution in [2.24, 2.45) is 5.73 Å². The zero-order valence-electron chi connectivity index (χ0n) is 23.5. The highest BCUT2D eigenvalue weighted by molar-refractivity contribution is 5.90. The van der Waals surface area contributed by atoms with E-state index in [0.717, 1.165) is 23.6 Å². The van der Waals surface area contributed by atoms with Gasteiger partial charge in [0.2, 0.25) is 0 Å². The number of nitrogen functional groups attached to an aromatic ring is 1. The molecule has 3 aromatic rings. The molecule has 0 aliphatic carbocycles. The van der Waals surface area contributed by atoms with Gasteiger partial charge in [-0.05, 0) is 37.6 Å². The number of hydrogen-bond acceptors (Lipinski definition) is 9. The molecule has 1 saturated heterocycles. The summed E-state index contributed by atoms with van der Waals surface area (Å²) in [6.45, 7) is 5.83. The van der Waals surface area contributed by atoms with E-state index in [1.807, 2.05) is 36.1 Å². The molecule has 0 bridgehead atoms. The number of nitrogens with zero attached hydrogens (tertiary/aromatic N) is 4. The van der Waals surface area contributed by atoms with Crippen molar-refractivity contribution in [3.8, 4) is 17.0 Å². The lowest BCUT2D eigenvalue weighted by molar-refractivity contribution is -0.280. The number of aryl methyl sites for hydroxylation is 1. The Balaban J connectivity index is 1.69. The molecule has 0 spiro atoms. The molecule has 10 nitrogen and oxygen atoms in total. The van der Waals surface area contributed by atoms with E-state index in [0.29, 0.717) is 44.4 Å². The van der Waals surface area contributed by atoms with Gasteiger partial charge in [-0.2, -0.15) is 26.3 Å². The van der Waals surface area contributed by atoms with E-state index >= 15 is 0 Å². The summed E-state index contributed by atoms with van der Waals surface area (Å²) in [6.07, 6.45) is -10.5. The van der Waals surface area contributed by atoms with E-state index in [2.05, 4.69) is 19.6 Å². The number of carbonyl (C=O) groups is 2. The van der Waals surface area contributed by atoms with Crippen molar-refractivity contribution in [2.45, 2.75) is 31.8 Å². The van der Waals surface area contributed by atoms with E-state index < -0.39 is 35.4 Å². The lowest BCUT2D eigenvalue weighted by Gasteiger charge is -2.37. The van der Waals surface area contributed by atoms with Gasteiger partial charge in [-0.3, -0.25) is 4.79 Å². The summed E-state index contributed by atoms with van der Waals surface area (Å²) in [7, 11) is 0. The normalized spacial score (nSPS) is 15.5. The van der Waals surface area contributed by atoms with E-state index in [4.69, 9.17) is 16.2 Å². The maximum absolute atomic E-state index is 14.3. The standard InChI is InChI=1S/C28H28F6N6O4/c1-3-43-21-7-5-4-6-20(21)39-10-12-40(13-11-39)23-22(35)37-15-19(38-23)18-14-17(9-8-16(18)2)26(24(36)41,28(32,33)34)44-25(42)27(29,30)31/h4-9,14-15H,3,10-13H2,1-2H3,(H2,35,37)(H2,36,41). The van der Waals surface area contributed by atoms with Gasteiger partial charge in [0.15, 0.2) is 11.6 Å². The molecule has 2 aromatic carbocycles. The maximum atomic E-state index is 14.3. The van der Waals surface area contributed by atoms with Crippen LogP contribution in [0.3, 0.4) is 0 Å². The molecule has 1 aliphatic rings. The van der Waals surface area contributed by atoms with Crippen LogP contribution in [0.4, 0.5) is 43.7 Å². The molecular formula is C28H28F6N6O4. The Bertz CT molecular complexity index is 1540. The lowest BCUT2D eigenvalue weighted by atomic mass is 9.88. The van der Waals surface area contributed by atoms with Crippen LogP contribution in [0.2, 0.25) is 0 Å². The number of esters is 1. The SMILES string of the molecule is CCOc1ccccc1N1CCN(c2nc(-c3cc(C(OC(=O)C(F)(F)F)(C(N)=O)C(F)(F)F)ccc3C)cnc2N)CC1. The minimum Gasteiger partial charge on any atom is -0.492 e. The summed E-state index contributed by atoms with van der Waals surface area (Å²) in [6, 6.07) is 10.1. The summed E-state index contributed by atoms with van der Waals surface area (Å²) in [4.78, 5) is 36.3. The molecule has 44 heavy (non-hydrogen) atoms. The second-order valence-corrected chi connectivity index (χ2v) is 9.80. The van der Waals surface area contributed by atoms with Crippen LogP contribution in [-0.4, -0.2) is 67.0 Å². The predicted octanol–water partition coefficient (Wildman–Crippen LogP) is 4.11. The van der Waals surface area contributed by atoms with Crippen LogP contribution in [0, 0.1) is 6.92 Å². The topological polar surface area (TPSA) is 137 Å². The van der Waals surface area contributed by atoms with Gasteiger partial charge in [0, 0.05) is 37.3 Å². The van der Waals surface area contributed by atoms with Crippen molar-refractivity contribution in [3.63, 3.8) is 0 Å². The summed E-state index contributed by atoms with van der Waals surface area (Å²) in [5.41, 5.74) is 6.66. The van der Waals surface area contributed by atoms with Crippen LogP contribution in [0.25, 0.3) is 11.3 Å². The molecule has 2 heterocycles. The first kappa shape index (κ1) is 32.2. The van der Waals surface area contributed by atoms with Crippen LogP contribution < -0.4 is 26.0 Å². The predicted molar refractivity (Wildman–Crippen MR) is 148 cm³/mol. The number of para-hydroxylation sites is 2. The van der Waals surface area contributed by atoms with Crippen LogP contribution in [0.1, 0.15) is 18.1 Å². The molecule has 1 unspecified atom stereocenters. The average molecular weight is 627 g/mol. The number of alkyl halides is 6. The first-order valence-electron chi connectivity index (χ1n) is 13.2. The van der Waals surface area contributed by atoms with Crippen LogP contribution in [-0.2, 0) is 19.9 Å². The quantitative estimate of drug-likeness (QED) is 0.280. The average Bonchev–Trinajstić information content (AvgIpc) is 2.96. The number of rotatable bonds is 8. The van der Waals surface area contributed by atoms with E-state index in [1.54, 1.807) is 0 Å². The second-order valence-electron chi connectivity index (χ2n) is 9.80. The zero-order chi connectivity index (χ0) is 32.4. The molecule has 4 rings (SSSR count). The van der Waals surface area contributed by atoms with E-state index in [1.165, 1.54) is 13.1 Å². The van der Waals surface area contributed by atoms with Crippen LogP contribution in [0.5, 0.6) is 5.75 Å². The third-order valence-electron chi connectivity index (χ3n) is 7.01. The molecule has 0 radical (unpaired) electrons. The highest BCUT2D eigenvalue weighted by Gasteiger charge is 2.66. The maximum Gasteiger partial charge on any atom is 0.490 e. The number of halogens is 6. The fourth-order valence-electron chi connectivity index (χ4n) is 4.83. The number of primary amides is 1. The van der Waals surface area contributed by atoms with Gasteiger partial charge >= 0.3 is 23.9 Å². The number of carbonyl (C=O) groups excluding carboxylic acids is 2. The minimum absolute atomic E-state index is 0.000337. The fourth-order valence-corrected chi connectivity index (χ4v) is 4.83. The van der Waals surface area contributed by atoms with E-state index in [-0.39, 0.29) is 22.9 Å². The van der Waals surface area contributed by atoms with Crippen LogP contribution in [0.15, 0.2) is 48.7 Å². The summed E-state index contributed by atoms with van der Waals surface area (Å²) in [5.74, 6) is -4.62. The third kappa shape index (κ3) is 6.14. The van der Waals surface area contributed by atoms with Gasteiger partial charge in [-0.25, -0.2) is 14.8 Å². The van der Waals surface area contributed by atoms with Crippen molar-refractivity contribution < 1.29 is 45.4 Å². The van der Waals surface area contributed by atoms with Crippen molar-refractivity contribution in [2.75, 3.05) is 48.3 Å². The number of benzene rings is 2. The highest BCUT2D eigenvalue weighted by Crippen LogP contribution is 2.45. The van der Waals surface area contributed by atoms with Crippen molar-refractivity contribution in [1.29, 1.82) is 0 Å². The number of piperazine rings is 1. The molecule has 0 saturated carbocycles. The zero-order valence-corrected chi connectivity index (χ0v) is 23.5. The Morgan fingerprint density at radius 3 is 2.20 bits per heavy atom. The number of amides is 1. The Morgan fingerprint density at radius 2 is 1.61 bits per heavy atom. The molecular weight excluding hydrogens is 598 g/mol. The number of nitrogens with two attached hydrogens (primary N) is 2. The van der Waals surface area contributed by atoms with Gasteiger partial charge in [-0.15, -0.1) is 0 Å².